The molecule has 0 saturated heterocycles. The van der Waals surface area contributed by atoms with E-state index in [4.69, 9.17) is 9.47 Å². The molecule has 2 N–H and O–H groups in total. The van der Waals surface area contributed by atoms with Gasteiger partial charge in [0, 0.05) is 18.2 Å². The molecule has 0 unspecified atom stereocenters. The highest BCUT2D eigenvalue weighted by Crippen LogP contribution is 2.30. The summed E-state index contributed by atoms with van der Waals surface area (Å²) in [6.45, 7) is 4.43. The highest BCUT2D eigenvalue weighted by Gasteiger charge is 2.19. The van der Waals surface area contributed by atoms with Crippen molar-refractivity contribution in [3.63, 3.8) is 0 Å². The van der Waals surface area contributed by atoms with Gasteiger partial charge in [0.15, 0.2) is 11.5 Å². The number of carbonyl (C=O) groups is 1. The zero-order valence-corrected chi connectivity index (χ0v) is 18.9. The molecule has 0 aliphatic heterocycles. The van der Waals surface area contributed by atoms with Gasteiger partial charge < -0.3 is 19.4 Å². The number of fused-ring (bicyclic) bond motifs is 1. The van der Waals surface area contributed by atoms with E-state index in [1.807, 2.05) is 38.1 Å². The van der Waals surface area contributed by atoms with E-state index in [0.717, 1.165) is 11.1 Å². The number of ether oxygens (including phenoxy) is 2. The van der Waals surface area contributed by atoms with Crippen molar-refractivity contribution in [3.8, 4) is 22.8 Å². The van der Waals surface area contributed by atoms with Gasteiger partial charge in [-0.2, -0.15) is 5.10 Å². The molecule has 0 fully saturated rings. The highest BCUT2D eigenvalue weighted by molar-refractivity contribution is 5.93. The van der Waals surface area contributed by atoms with E-state index in [1.165, 1.54) is 14.2 Å². The van der Waals surface area contributed by atoms with E-state index >= 15 is 0 Å². The lowest BCUT2D eigenvalue weighted by atomic mass is 10.1. The van der Waals surface area contributed by atoms with Crippen LogP contribution in [-0.2, 0) is 6.54 Å². The lowest BCUT2D eigenvalue weighted by molar-refractivity contribution is 0.0742. The number of carbonyl (C=O) groups excluding carboxylic acids is 1. The van der Waals surface area contributed by atoms with Gasteiger partial charge in [-0.15, -0.1) is 0 Å². The number of nitrogens with one attached hydrogen (secondary N) is 2. The van der Waals surface area contributed by atoms with E-state index in [9.17, 15) is 9.59 Å². The van der Waals surface area contributed by atoms with E-state index in [-0.39, 0.29) is 18.0 Å². The van der Waals surface area contributed by atoms with Gasteiger partial charge in [-0.3, -0.25) is 14.7 Å². The summed E-state index contributed by atoms with van der Waals surface area (Å²) in [6, 6.07) is 12.9. The van der Waals surface area contributed by atoms with Crippen LogP contribution in [0.3, 0.4) is 0 Å². The van der Waals surface area contributed by atoms with Crippen molar-refractivity contribution in [3.05, 3.63) is 69.9 Å². The topological polar surface area (TPSA) is 113 Å². The number of rotatable bonds is 7. The first kappa shape index (κ1) is 22.1. The number of H-pyrrole nitrogens is 2. The number of amides is 1. The van der Waals surface area contributed by atoms with Crippen LogP contribution in [0.25, 0.3) is 22.2 Å². The fourth-order valence-corrected chi connectivity index (χ4v) is 3.57. The third kappa shape index (κ3) is 4.43. The maximum absolute atomic E-state index is 13.1. The molecule has 2 heterocycles. The van der Waals surface area contributed by atoms with E-state index in [2.05, 4.69) is 20.2 Å². The maximum atomic E-state index is 13.1. The van der Waals surface area contributed by atoms with Crippen molar-refractivity contribution in [2.45, 2.75) is 20.4 Å². The summed E-state index contributed by atoms with van der Waals surface area (Å²) in [7, 11) is 3.02. The number of aromatic nitrogens is 4. The molecule has 2 aromatic heterocycles. The molecule has 1 amide bonds. The first-order chi connectivity index (χ1) is 15.9. The molecule has 0 saturated carbocycles. The molecule has 0 radical (unpaired) electrons. The molecule has 4 rings (SSSR count). The highest BCUT2D eigenvalue weighted by atomic mass is 16.5. The van der Waals surface area contributed by atoms with E-state index in [0.29, 0.717) is 46.2 Å². The van der Waals surface area contributed by atoms with Crippen LogP contribution in [0.15, 0.2) is 47.3 Å². The van der Waals surface area contributed by atoms with Crippen molar-refractivity contribution < 1.29 is 14.3 Å². The predicted octanol–water partition coefficient (Wildman–Crippen LogP) is 3.30. The summed E-state index contributed by atoms with van der Waals surface area (Å²) >= 11 is 0. The van der Waals surface area contributed by atoms with Gasteiger partial charge >= 0.3 is 0 Å². The van der Waals surface area contributed by atoms with Crippen LogP contribution in [-0.4, -0.2) is 51.7 Å². The average Bonchev–Trinajstić information content (AvgIpc) is 3.32. The van der Waals surface area contributed by atoms with Crippen LogP contribution in [0.4, 0.5) is 0 Å². The Bertz CT molecular complexity index is 1360. The Balaban J connectivity index is 1.60. The Labute approximate surface area is 190 Å². The number of hydrogen-bond acceptors (Lipinski definition) is 6. The first-order valence-corrected chi connectivity index (χ1v) is 10.5. The van der Waals surface area contributed by atoms with E-state index in [1.54, 1.807) is 23.1 Å². The van der Waals surface area contributed by atoms with Gasteiger partial charge in [-0.05, 0) is 26.0 Å². The molecule has 9 nitrogen and oxygen atoms in total. The molecule has 170 valence electrons. The monoisotopic (exact) mass is 447 g/mol. The summed E-state index contributed by atoms with van der Waals surface area (Å²) in [4.78, 5) is 34.6. The molecular weight excluding hydrogens is 422 g/mol. The van der Waals surface area contributed by atoms with Crippen molar-refractivity contribution in [2.75, 3.05) is 20.8 Å². The Kier molecular flexibility index (Phi) is 6.12. The average molecular weight is 447 g/mol. The molecule has 4 aromatic rings. The van der Waals surface area contributed by atoms with Crippen LogP contribution in [0, 0.1) is 6.92 Å². The molecule has 0 spiro atoms. The number of aryl methyl sites for hydroxylation is 1. The number of aromatic amines is 2. The summed E-state index contributed by atoms with van der Waals surface area (Å²) in [5.41, 5.74) is 3.26. The van der Waals surface area contributed by atoms with Crippen molar-refractivity contribution >= 4 is 16.8 Å². The van der Waals surface area contributed by atoms with E-state index < -0.39 is 0 Å². The quantitative estimate of drug-likeness (QED) is 0.449. The van der Waals surface area contributed by atoms with Gasteiger partial charge in [0.2, 0.25) is 0 Å². The van der Waals surface area contributed by atoms with Crippen LogP contribution >= 0.6 is 0 Å². The van der Waals surface area contributed by atoms with Crippen LogP contribution in [0.2, 0.25) is 0 Å². The Morgan fingerprint density at radius 1 is 1.06 bits per heavy atom. The van der Waals surface area contributed by atoms with Crippen LogP contribution in [0.1, 0.15) is 28.8 Å². The third-order valence-corrected chi connectivity index (χ3v) is 5.42. The van der Waals surface area contributed by atoms with Crippen molar-refractivity contribution in [1.29, 1.82) is 0 Å². The number of nitrogens with zero attached hydrogens (tertiary/aromatic N) is 3. The molecule has 0 aliphatic rings. The van der Waals surface area contributed by atoms with Crippen molar-refractivity contribution in [1.82, 2.24) is 25.1 Å². The molecular formula is C24H25N5O4. The minimum absolute atomic E-state index is 0.133. The molecule has 33 heavy (non-hydrogen) atoms. The van der Waals surface area contributed by atoms with Crippen molar-refractivity contribution in [2.24, 2.45) is 0 Å². The van der Waals surface area contributed by atoms with Gasteiger partial charge in [0.05, 0.1) is 37.4 Å². The summed E-state index contributed by atoms with van der Waals surface area (Å²) in [6.07, 6.45) is 0. The second kappa shape index (κ2) is 9.15. The standard InChI is InChI=1S/C24H25N5O4/c1-5-29(24(31)19-11-17(27-28-19)15-8-6-14(2)7-9-15)13-22-25-18-12-21(33-4)20(32-3)10-16(18)23(30)26-22/h6-12H,5,13H2,1-4H3,(H,27,28)(H,25,26,30). The summed E-state index contributed by atoms with van der Waals surface area (Å²) in [5.74, 6) is 1.05. The number of methoxy groups -OCH3 is 2. The van der Waals surface area contributed by atoms with Gasteiger partial charge in [-0.1, -0.05) is 29.8 Å². The minimum Gasteiger partial charge on any atom is -0.493 e. The van der Waals surface area contributed by atoms with Gasteiger partial charge in [0.25, 0.3) is 11.5 Å². The number of benzene rings is 2. The maximum Gasteiger partial charge on any atom is 0.272 e. The second-order valence-corrected chi connectivity index (χ2v) is 7.59. The lowest BCUT2D eigenvalue weighted by Gasteiger charge is -2.19. The number of hydrogen-bond donors (Lipinski definition) is 2. The molecule has 2 aromatic carbocycles. The summed E-state index contributed by atoms with van der Waals surface area (Å²) < 4.78 is 10.6. The molecule has 9 heteroatoms. The summed E-state index contributed by atoms with van der Waals surface area (Å²) in [5, 5.41) is 7.48. The second-order valence-electron chi connectivity index (χ2n) is 7.59. The smallest absolute Gasteiger partial charge is 0.272 e. The predicted molar refractivity (Wildman–Crippen MR) is 125 cm³/mol. The zero-order chi connectivity index (χ0) is 23.5. The first-order valence-electron chi connectivity index (χ1n) is 10.5. The van der Waals surface area contributed by atoms with Gasteiger partial charge in [-0.25, -0.2) is 4.98 Å². The van der Waals surface area contributed by atoms with Gasteiger partial charge in [0.1, 0.15) is 11.5 Å². The molecule has 0 bridgehead atoms. The molecule has 0 atom stereocenters. The Morgan fingerprint density at radius 3 is 2.42 bits per heavy atom. The zero-order valence-electron chi connectivity index (χ0n) is 18.9. The largest absolute Gasteiger partial charge is 0.493 e. The molecule has 0 aliphatic carbocycles. The Hall–Kier alpha value is -4.14. The normalized spacial score (nSPS) is 10.9. The van der Waals surface area contributed by atoms with Crippen LogP contribution < -0.4 is 15.0 Å². The fraction of sp³-hybridized carbons (Fsp3) is 0.250. The lowest BCUT2D eigenvalue weighted by Crippen LogP contribution is -2.32. The Morgan fingerprint density at radius 2 is 1.76 bits per heavy atom. The third-order valence-electron chi connectivity index (χ3n) is 5.42. The van der Waals surface area contributed by atoms with Crippen LogP contribution in [0.5, 0.6) is 11.5 Å². The fourth-order valence-electron chi connectivity index (χ4n) is 3.57. The SMILES string of the molecule is CCN(Cc1nc2cc(OC)c(OC)cc2c(=O)[nH]1)C(=O)c1cc(-c2ccc(C)cc2)n[nH]1. The minimum atomic E-state index is -0.317.